The van der Waals surface area contributed by atoms with E-state index in [-0.39, 0.29) is 36.8 Å². The van der Waals surface area contributed by atoms with Crippen LogP contribution in [0.5, 0.6) is 5.75 Å². The lowest BCUT2D eigenvalue weighted by atomic mass is 9.91. The molecule has 1 aliphatic carbocycles. The Balaban J connectivity index is 1.50. The van der Waals surface area contributed by atoms with Crippen molar-refractivity contribution < 1.29 is 18.7 Å². The number of methoxy groups -OCH3 is 1. The van der Waals surface area contributed by atoms with Crippen LogP contribution in [-0.2, 0) is 17.9 Å². The van der Waals surface area contributed by atoms with E-state index in [4.69, 9.17) is 9.84 Å². The second-order valence-electron chi connectivity index (χ2n) is 9.90. The molecule has 1 saturated carbocycles. The van der Waals surface area contributed by atoms with Crippen LogP contribution in [0, 0.1) is 5.82 Å². The van der Waals surface area contributed by atoms with Gasteiger partial charge in [-0.25, -0.2) is 4.39 Å². The van der Waals surface area contributed by atoms with E-state index in [9.17, 15) is 14.0 Å². The van der Waals surface area contributed by atoms with Crippen LogP contribution in [0.4, 0.5) is 4.39 Å². The number of benzene rings is 2. The van der Waals surface area contributed by atoms with Gasteiger partial charge in [-0.05, 0) is 67.8 Å². The Morgan fingerprint density at radius 1 is 1.14 bits per heavy atom. The first kappa shape index (κ1) is 24.0. The highest BCUT2D eigenvalue weighted by atomic mass is 19.1. The number of nitrogens with zero attached hydrogens (tertiary/aromatic N) is 3. The quantitative estimate of drug-likeness (QED) is 0.550. The normalized spacial score (nSPS) is 20.2. The fourth-order valence-corrected chi connectivity index (χ4v) is 5.20. The average molecular weight is 491 g/mol. The zero-order valence-electron chi connectivity index (χ0n) is 20.7. The summed E-state index contributed by atoms with van der Waals surface area (Å²) < 4.78 is 20.8. The number of nitrogens with one attached hydrogen (secondary N) is 1. The molecule has 1 N–H and O–H groups in total. The minimum atomic E-state index is -1.18. The number of hydrogen-bond donors (Lipinski definition) is 1. The molecule has 0 radical (unpaired) electrons. The number of rotatable bonds is 6. The predicted molar refractivity (Wildman–Crippen MR) is 134 cm³/mol. The smallest absolute Gasteiger partial charge is 0.273 e. The Hall–Kier alpha value is -3.68. The topological polar surface area (TPSA) is 76.5 Å². The summed E-state index contributed by atoms with van der Waals surface area (Å²) in [6.45, 7) is 2.10. The first-order valence-electron chi connectivity index (χ1n) is 12.5. The van der Waals surface area contributed by atoms with Crippen LogP contribution in [0.2, 0.25) is 0 Å². The number of hydrogen-bond acceptors (Lipinski definition) is 4. The van der Waals surface area contributed by atoms with Crippen molar-refractivity contribution in [1.82, 2.24) is 20.0 Å². The SMILES string of the molecule is COc1ccc(-c2cc3n(n2)C[C@](C)(C(=O)NC2CCCCC2)N(Cc2cccc(F)c2)C3=O)cc1. The van der Waals surface area contributed by atoms with Crippen LogP contribution < -0.4 is 10.1 Å². The zero-order chi connectivity index (χ0) is 25.3. The van der Waals surface area contributed by atoms with Crippen LogP contribution in [0.1, 0.15) is 55.1 Å². The molecule has 2 amide bonds. The molecule has 8 heteroatoms. The van der Waals surface area contributed by atoms with Crippen molar-refractivity contribution in [2.75, 3.05) is 7.11 Å². The Bertz CT molecular complexity index is 1270. The predicted octanol–water partition coefficient (Wildman–Crippen LogP) is 4.56. The van der Waals surface area contributed by atoms with Crippen molar-refractivity contribution in [2.45, 2.75) is 63.7 Å². The summed E-state index contributed by atoms with van der Waals surface area (Å²) in [7, 11) is 1.61. The van der Waals surface area contributed by atoms with E-state index >= 15 is 0 Å². The summed E-state index contributed by atoms with van der Waals surface area (Å²) in [5, 5.41) is 7.89. The van der Waals surface area contributed by atoms with Gasteiger partial charge in [0.2, 0.25) is 5.91 Å². The molecule has 2 heterocycles. The molecule has 2 aromatic carbocycles. The third kappa shape index (κ3) is 4.59. The molecular formula is C28H31FN4O3. The lowest BCUT2D eigenvalue weighted by molar-refractivity contribution is -0.134. The fourth-order valence-electron chi connectivity index (χ4n) is 5.20. The Morgan fingerprint density at radius 2 is 1.89 bits per heavy atom. The zero-order valence-corrected chi connectivity index (χ0v) is 20.7. The van der Waals surface area contributed by atoms with Gasteiger partial charge in [-0.15, -0.1) is 0 Å². The molecule has 7 nitrogen and oxygen atoms in total. The molecular weight excluding hydrogens is 459 g/mol. The molecule has 0 spiro atoms. The molecule has 188 valence electrons. The van der Waals surface area contributed by atoms with E-state index in [1.54, 1.807) is 41.8 Å². The maximum absolute atomic E-state index is 14.0. The molecule has 0 unspecified atom stereocenters. The standard InChI is InChI=1S/C28H31FN4O3/c1-28(27(35)30-22-9-4-3-5-10-22)18-33-25(16-24(31-33)20-11-13-23(36-2)14-12-20)26(34)32(28)17-19-7-6-8-21(29)15-19/h6-8,11-16,22H,3-5,9-10,17-18H2,1-2H3,(H,30,35)/t28-/m1/s1. The van der Waals surface area contributed by atoms with E-state index in [1.807, 2.05) is 24.3 Å². The van der Waals surface area contributed by atoms with Gasteiger partial charge in [-0.3, -0.25) is 14.3 Å². The Morgan fingerprint density at radius 3 is 2.58 bits per heavy atom. The summed E-state index contributed by atoms with van der Waals surface area (Å²) in [6.07, 6.45) is 5.23. The summed E-state index contributed by atoms with van der Waals surface area (Å²) in [5.74, 6) is -0.158. The Labute approximate surface area is 210 Å². The molecule has 0 bridgehead atoms. The van der Waals surface area contributed by atoms with Gasteiger partial charge in [-0.1, -0.05) is 31.4 Å². The molecule has 2 aliphatic rings. The second kappa shape index (κ2) is 9.76. The van der Waals surface area contributed by atoms with Crippen LogP contribution in [0.3, 0.4) is 0 Å². The lowest BCUT2D eigenvalue weighted by Gasteiger charge is -2.44. The third-order valence-corrected chi connectivity index (χ3v) is 7.34. The molecule has 1 aromatic heterocycles. The first-order chi connectivity index (χ1) is 17.4. The van der Waals surface area contributed by atoms with Crippen molar-refractivity contribution in [2.24, 2.45) is 0 Å². The van der Waals surface area contributed by atoms with Crippen LogP contribution in [0.15, 0.2) is 54.6 Å². The van der Waals surface area contributed by atoms with Gasteiger partial charge in [0.15, 0.2) is 0 Å². The molecule has 1 atom stereocenters. The molecule has 36 heavy (non-hydrogen) atoms. The number of ether oxygens (including phenoxy) is 1. The number of amides is 2. The van der Waals surface area contributed by atoms with Gasteiger partial charge < -0.3 is 15.0 Å². The van der Waals surface area contributed by atoms with E-state index in [1.165, 1.54) is 18.6 Å². The minimum Gasteiger partial charge on any atom is -0.497 e. The van der Waals surface area contributed by atoms with Gasteiger partial charge in [0.25, 0.3) is 5.91 Å². The van der Waals surface area contributed by atoms with Gasteiger partial charge in [0.1, 0.15) is 22.8 Å². The number of halogens is 1. The first-order valence-corrected chi connectivity index (χ1v) is 12.5. The third-order valence-electron chi connectivity index (χ3n) is 7.34. The highest BCUT2D eigenvalue weighted by molar-refractivity contribution is 6.00. The molecule has 3 aromatic rings. The van der Waals surface area contributed by atoms with Gasteiger partial charge in [0, 0.05) is 18.2 Å². The van der Waals surface area contributed by atoms with Gasteiger partial charge in [-0.2, -0.15) is 5.10 Å². The maximum Gasteiger partial charge on any atom is 0.273 e. The van der Waals surface area contributed by atoms with Crippen molar-refractivity contribution >= 4 is 11.8 Å². The van der Waals surface area contributed by atoms with Gasteiger partial charge >= 0.3 is 0 Å². The van der Waals surface area contributed by atoms with Crippen LogP contribution >= 0.6 is 0 Å². The summed E-state index contributed by atoms with van der Waals surface area (Å²) in [6, 6.07) is 15.5. The highest BCUT2D eigenvalue weighted by Crippen LogP contribution is 2.32. The molecule has 5 rings (SSSR count). The highest BCUT2D eigenvalue weighted by Gasteiger charge is 2.48. The van der Waals surface area contributed by atoms with Crippen LogP contribution in [-0.4, -0.2) is 45.2 Å². The van der Waals surface area contributed by atoms with Crippen molar-refractivity contribution in [3.63, 3.8) is 0 Å². The van der Waals surface area contributed by atoms with E-state index in [2.05, 4.69) is 5.32 Å². The number of fused-ring (bicyclic) bond motifs is 1. The largest absolute Gasteiger partial charge is 0.497 e. The van der Waals surface area contributed by atoms with Crippen molar-refractivity contribution in [3.8, 4) is 17.0 Å². The lowest BCUT2D eigenvalue weighted by Crippen LogP contribution is -2.64. The second-order valence-corrected chi connectivity index (χ2v) is 9.90. The molecule has 1 aliphatic heterocycles. The van der Waals surface area contributed by atoms with E-state index in [0.29, 0.717) is 17.0 Å². The fraction of sp³-hybridized carbons (Fsp3) is 0.393. The number of carbonyl (C=O) groups excluding carboxylic acids is 2. The summed E-state index contributed by atoms with van der Waals surface area (Å²) >= 11 is 0. The average Bonchev–Trinajstić information content (AvgIpc) is 3.31. The maximum atomic E-state index is 14.0. The minimum absolute atomic E-state index is 0.100. The monoisotopic (exact) mass is 490 g/mol. The summed E-state index contributed by atoms with van der Waals surface area (Å²) in [5.41, 5.74) is 1.33. The Kier molecular flexibility index (Phi) is 6.51. The van der Waals surface area contributed by atoms with Gasteiger partial charge in [0.05, 0.1) is 19.3 Å². The summed E-state index contributed by atoms with van der Waals surface area (Å²) in [4.78, 5) is 29.1. The number of aromatic nitrogens is 2. The van der Waals surface area contributed by atoms with Crippen molar-refractivity contribution in [1.29, 1.82) is 0 Å². The van der Waals surface area contributed by atoms with Crippen LogP contribution in [0.25, 0.3) is 11.3 Å². The molecule has 0 saturated heterocycles. The van der Waals surface area contributed by atoms with Crippen molar-refractivity contribution in [3.05, 3.63) is 71.7 Å². The molecule has 1 fully saturated rings. The number of carbonyl (C=O) groups is 2. The van der Waals surface area contributed by atoms with E-state index in [0.717, 1.165) is 37.0 Å². The van der Waals surface area contributed by atoms with E-state index < -0.39 is 5.54 Å².